The molecular formula is C12H20N4O2. The second-order valence-electron chi connectivity index (χ2n) is 4.15. The highest BCUT2D eigenvalue weighted by molar-refractivity contribution is 5.69. The third kappa shape index (κ3) is 3.24. The number of nitrogen functional groups attached to an aromatic ring is 1. The lowest BCUT2D eigenvalue weighted by molar-refractivity contribution is 0.122. The maximum atomic E-state index is 5.89. The Kier molecular flexibility index (Phi) is 4.60. The average molecular weight is 252 g/mol. The molecule has 2 heterocycles. The first-order chi connectivity index (χ1) is 8.81. The topological polar surface area (TPSA) is 72.6 Å². The SMILES string of the molecule is COCCNc1cc(N2CCOCC2)ncc1N. The molecule has 1 aromatic rings. The summed E-state index contributed by atoms with van der Waals surface area (Å²) in [5, 5.41) is 3.25. The van der Waals surface area contributed by atoms with E-state index in [1.54, 1.807) is 13.3 Å². The van der Waals surface area contributed by atoms with Crippen molar-refractivity contribution >= 4 is 17.2 Å². The molecule has 18 heavy (non-hydrogen) atoms. The number of pyridine rings is 1. The first kappa shape index (κ1) is 12.9. The van der Waals surface area contributed by atoms with Gasteiger partial charge in [0.05, 0.1) is 37.4 Å². The molecule has 1 fully saturated rings. The molecule has 0 aliphatic carbocycles. The molecule has 1 aromatic heterocycles. The van der Waals surface area contributed by atoms with Crippen LogP contribution in [0.3, 0.4) is 0 Å². The average Bonchev–Trinajstić information content (AvgIpc) is 2.42. The van der Waals surface area contributed by atoms with Gasteiger partial charge in [0.1, 0.15) is 5.82 Å². The molecule has 6 heteroatoms. The molecule has 1 saturated heterocycles. The van der Waals surface area contributed by atoms with Crippen LogP contribution in [0, 0.1) is 0 Å². The summed E-state index contributed by atoms with van der Waals surface area (Å²) in [6, 6.07) is 1.98. The summed E-state index contributed by atoms with van der Waals surface area (Å²) >= 11 is 0. The zero-order chi connectivity index (χ0) is 12.8. The fraction of sp³-hybridized carbons (Fsp3) is 0.583. The third-order valence-electron chi connectivity index (χ3n) is 2.88. The van der Waals surface area contributed by atoms with Crippen LogP contribution in [0.5, 0.6) is 0 Å². The Morgan fingerprint density at radius 2 is 2.28 bits per heavy atom. The zero-order valence-corrected chi connectivity index (χ0v) is 10.7. The largest absolute Gasteiger partial charge is 0.396 e. The molecule has 1 aliphatic rings. The number of ether oxygens (including phenoxy) is 2. The minimum atomic E-state index is 0.647. The quantitative estimate of drug-likeness (QED) is 0.746. The van der Waals surface area contributed by atoms with E-state index in [9.17, 15) is 0 Å². The summed E-state index contributed by atoms with van der Waals surface area (Å²) in [6.07, 6.45) is 1.69. The van der Waals surface area contributed by atoms with Crippen LogP contribution in [0.25, 0.3) is 0 Å². The van der Waals surface area contributed by atoms with E-state index < -0.39 is 0 Å². The van der Waals surface area contributed by atoms with Crippen molar-refractivity contribution in [1.29, 1.82) is 0 Å². The van der Waals surface area contributed by atoms with Crippen LogP contribution in [0.1, 0.15) is 0 Å². The number of hydrogen-bond acceptors (Lipinski definition) is 6. The van der Waals surface area contributed by atoms with E-state index in [-0.39, 0.29) is 0 Å². The van der Waals surface area contributed by atoms with Crippen LogP contribution in [0.15, 0.2) is 12.3 Å². The predicted octanol–water partition coefficient (Wildman–Crippen LogP) is 0.559. The lowest BCUT2D eigenvalue weighted by atomic mass is 10.3. The summed E-state index contributed by atoms with van der Waals surface area (Å²) in [5.74, 6) is 0.937. The summed E-state index contributed by atoms with van der Waals surface area (Å²) < 4.78 is 10.3. The lowest BCUT2D eigenvalue weighted by Crippen LogP contribution is -2.36. The lowest BCUT2D eigenvalue weighted by Gasteiger charge is -2.28. The Balaban J connectivity index is 2.04. The molecule has 0 spiro atoms. The normalized spacial score (nSPS) is 15.7. The Morgan fingerprint density at radius 3 is 3.00 bits per heavy atom. The van der Waals surface area contributed by atoms with Crippen molar-refractivity contribution in [2.75, 3.05) is 62.5 Å². The number of nitrogens with one attached hydrogen (secondary N) is 1. The fourth-order valence-corrected chi connectivity index (χ4v) is 1.86. The van der Waals surface area contributed by atoms with Gasteiger partial charge in [0, 0.05) is 32.8 Å². The van der Waals surface area contributed by atoms with E-state index >= 15 is 0 Å². The molecule has 1 aliphatic heterocycles. The van der Waals surface area contributed by atoms with Gasteiger partial charge < -0.3 is 25.4 Å². The van der Waals surface area contributed by atoms with Crippen LogP contribution in [0.4, 0.5) is 17.2 Å². The van der Waals surface area contributed by atoms with Gasteiger partial charge in [-0.2, -0.15) is 0 Å². The Labute approximate surface area is 107 Å². The van der Waals surface area contributed by atoms with Gasteiger partial charge in [0.15, 0.2) is 0 Å². The second kappa shape index (κ2) is 6.42. The number of aromatic nitrogens is 1. The van der Waals surface area contributed by atoms with Gasteiger partial charge >= 0.3 is 0 Å². The smallest absolute Gasteiger partial charge is 0.130 e. The van der Waals surface area contributed by atoms with Crippen LogP contribution in [0.2, 0.25) is 0 Å². The van der Waals surface area contributed by atoms with Crippen LogP contribution in [-0.2, 0) is 9.47 Å². The fourth-order valence-electron chi connectivity index (χ4n) is 1.86. The van der Waals surface area contributed by atoms with Gasteiger partial charge in [-0.3, -0.25) is 0 Å². The molecule has 0 aromatic carbocycles. The number of methoxy groups -OCH3 is 1. The van der Waals surface area contributed by atoms with E-state index in [0.29, 0.717) is 12.3 Å². The zero-order valence-electron chi connectivity index (χ0n) is 10.7. The van der Waals surface area contributed by atoms with Gasteiger partial charge in [-0.1, -0.05) is 0 Å². The number of nitrogens with two attached hydrogens (primary N) is 1. The minimum Gasteiger partial charge on any atom is -0.396 e. The summed E-state index contributed by atoms with van der Waals surface area (Å²) in [7, 11) is 1.68. The van der Waals surface area contributed by atoms with Crippen molar-refractivity contribution in [3.05, 3.63) is 12.3 Å². The van der Waals surface area contributed by atoms with Gasteiger partial charge in [-0.25, -0.2) is 4.98 Å². The van der Waals surface area contributed by atoms with Crippen LogP contribution >= 0.6 is 0 Å². The Morgan fingerprint density at radius 1 is 1.50 bits per heavy atom. The standard InChI is InChI=1S/C12H20N4O2/c1-17-5-2-14-11-8-12(15-9-10(11)13)16-3-6-18-7-4-16/h8-9H,2-7,13H2,1H3,(H,14,15). The molecule has 0 saturated carbocycles. The number of anilines is 3. The monoisotopic (exact) mass is 252 g/mol. The second-order valence-corrected chi connectivity index (χ2v) is 4.15. The van der Waals surface area contributed by atoms with E-state index in [0.717, 1.165) is 44.4 Å². The van der Waals surface area contributed by atoms with Gasteiger partial charge in [-0.15, -0.1) is 0 Å². The molecular weight excluding hydrogens is 232 g/mol. The van der Waals surface area contributed by atoms with Gasteiger partial charge in [0.2, 0.25) is 0 Å². The molecule has 3 N–H and O–H groups in total. The first-order valence-electron chi connectivity index (χ1n) is 6.12. The highest BCUT2D eigenvalue weighted by atomic mass is 16.5. The summed E-state index contributed by atoms with van der Waals surface area (Å²) in [6.45, 7) is 4.61. The Bertz CT molecular complexity index is 380. The number of hydrogen-bond donors (Lipinski definition) is 2. The highest BCUT2D eigenvalue weighted by Crippen LogP contribution is 2.23. The summed E-state index contributed by atoms with van der Waals surface area (Å²) in [4.78, 5) is 6.56. The Hall–Kier alpha value is -1.53. The van der Waals surface area contributed by atoms with E-state index in [4.69, 9.17) is 15.2 Å². The number of rotatable bonds is 5. The molecule has 100 valence electrons. The predicted molar refractivity (Wildman–Crippen MR) is 72.0 cm³/mol. The maximum Gasteiger partial charge on any atom is 0.130 e. The van der Waals surface area contributed by atoms with Crippen molar-refractivity contribution in [3.8, 4) is 0 Å². The number of morpholine rings is 1. The van der Waals surface area contributed by atoms with Crippen molar-refractivity contribution in [1.82, 2.24) is 4.98 Å². The molecule has 0 bridgehead atoms. The third-order valence-corrected chi connectivity index (χ3v) is 2.88. The minimum absolute atomic E-state index is 0.647. The first-order valence-corrected chi connectivity index (χ1v) is 6.12. The molecule has 0 unspecified atom stereocenters. The van der Waals surface area contributed by atoms with Crippen molar-refractivity contribution in [3.63, 3.8) is 0 Å². The van der Waals surface area contributed by atoms with Gasteiger partial charge in [-0.05, 0) is 0 Å². The highest BCUT2D eigenvalue weighted by Gasteiger charge is 2.13. The molecule has 0 atom stereocenters. The van der Waals surface area contributed by atoms with Crippen molar-refractivity contribution in [2.24, 2.45) is 0 Å². The molecule has 6 nitrogen and oxygen atoms in total. The van der Waals surface area contributed by atoms with E-state index in [1.165, 1.54) is 0 Å². The van der Waals surface area contributed by atoms with Crippen molar-refractivity contribution in [2.45, 2.75) is 0 Å². The molecule has 0 amide bonds. The number of nitrogens with zero attached hydrogens (tertiary/aromatic N) is 2. The van der Waals surface area contributed by atoms with E-state index in [1.807, 2.05) is 6.07 Å². The molecule has 2 rings (SSSR count). The van der Waals surface area contributed by atoms with Gasteiger partial charge in [0.25, 0.3) is 0 Å². The van der Waals surface area contributed by atoms with E-state index in [2.05, 4.69) is 15.2 Å². The van der Waals surface area contributed by atoms with Crippen LogP contribution < -0.4 is 16.0 Å². The van der Waals surface area contributed by atoms with Crippen molar-refractivity contribution < 1.29 is 9.47 Å². The maximum absolute atomic E-state index is 5.89. The van der Waals surface area contributed by atoms with Crippen LogP contribution in [-0.4, -0.2) is 51.5 Å². The molecule has 0 radical (unpaired) electrons. The summed E-state index contributed by atoms with van der Waals surface area (Å²) in [5.41, 5.74) is 7.45.